The lowest BCUT2D eigenvalue weighted by atomic mass is 10.1. The second kappa shape index (κ2) is 9.09. The molecule has 1 unspecified atom stereocenters. The molecule has 2 aromatic rings. The molecule has 29 heavy (non-hydrogen) atoms. The third kappa shape index (κ3) is 5.14. The first-order chi connectivity index (χ1) is 13.9. The molecule has 154 valence electrons. The Morgan fingerprint density at radius 3 is 2.38 bits per heavy atom. The first-order valence-electron chi connectivity index (χ1n) is 9.52. The van der Waals surface area contributed by atoms with E-state index < -0.39 is 27.9 Å². The van der Waals surface area contributed by atoms with E-state index in [-0.39, 0.29) is 12.4 Å². The molecule has 1 heterocycles. The number of esters is 1. The predicted molar refractivity (Wildman–Crippen MR) is 110 cm³/mol. The van der Waals surface area contributed by atoms with Gasteiger partial charge in [-0.25, -0.2) is 13.2 Å². The molecule has 8 heteroatoms. The SMILES string of the molecule is CCOC(=O)C(Cc1ccccc1)NC(=O)c1ccc(N2CCCS2(=O)=O)cc1. The zero-order valence-electron chi connectivity index (χ0n) is 16.2. The lowest BCUT2D eigenvalue weighted by Crippen LogP contribution is -2.43. The van der Waals surface area contributed by atoms with Crippen LogP contribution in [0.5, 0.6) is 0 Å². The number of nitrogens with one attached hydrogen (secondary N) is 1. The molecule has 1 N–H and O–H groups in total. The van der Waals surface area contributed by atoms with Crippen LogP contribution in [0.2, 0.25) is 0 Å². The second-order valence-electron chi connectivity index (χ2n) is 6.76. The molecule has 1 fully saturated rings. The van der Waals surface area contributed by atoms with Crippen LogP contribution in [0.4, 0.5) is 5.69 Å². The highest BCUT2D eigenvalue weighted by Gasteiger charge is 2.28. The predicted octanol–water partition coefficient (Wildman–Crippen LogP) is 2.13. The highest BCUT2D eigenvalue weighted by Crippen LogP contribution is 2.24. The molecule has 0 aromatic heterocycles. The van der Waals surface area contributed by atoms with Crippen LogP contribution in [0.3, 0.4) is 0 Å². The molecule has 0 spiro atoms. The van der Waals surface area contributed by atoms with Gasteiger partial charge in [-0.1, -0.05) is 30.3 Å². The second-order valence-corrected chi connectivity index (χ2v) is 8.77. The van der Waals surface area contributed by atoms with Gasteiger partial charge in [0.05, 0.1) is 18.0 Å². The Kier molecular flexibility index (Phi) is 6.53. The van der Waals surface area contributed by atoms with E-state index in [0.717, 1.165) is 5.56 Å². The maximum atomic E-state index is 12.7. The van der Waals surface area contributed by atoms with Crippen LogP contribution in [0.15, 0.2) is 54.6 Å². The fourth-order valence-electron chi connectivity index (χ4n) is 3.24. The number of rotatable bonds is 7. The summed E-state index contributed by atoms with van der Waals surface area (Å²) in [5.41, 5.74) is 1.78. The molecule has 1 aliphatic heterocycles. The van der Waals surface area contributed by atoms with Gasteiger partial charge in [0.15, 0.2) is 0 Å². The monoisotopic (exact) mass is 416 g/mol. The van der Waals surface area contributed by atoms with E-state index in [1.165, 1.54) is 4.31 Å². The molecule has 0 radical (unpaired) electrons. The Hall–Kier alpha value is -2.87. The average molecular weight is 416 g/mol. The largest absolute Gasteiger partial charge is 0.464 e. The van der Waals surface area contributed by atoms with Crippen LogP contribution in [0.25, 0.3) is 0 Å². The molecule has 1 aliphatic rings. The van der Waals surface area contributed by atoms with Crippen molar-refractivity contribution in [2.75, 3.05) is 23.2 Å². The van der Waals surface area contributed by atoms with Gasteiger partial charge in [0.1, 0.15) is 6.04 Å². The summed E-state index contributed by atoms with van der Waals surface area (Å²) in [6, 6.07) is 14.9. The molecule has 3 rings (SSSR count). The summed E-state index contributed by atoms with van der Waals surface area (Å²) in [6.07, 6.45) is 0.904. The molecule has 1 atom stereocenters. The van der Waals surface area contributed by atoms with Gasteiger partial charge in [0, 0.05) is 18.5 Å². The molecule has 2 aromatic carbocycles. The number of benzene rings is 2. The molecule has 7 nitrogen and oxygen atoms in total. The summed E-state index contributed by atoms with van der Waals surface area (Å²) >= 11 is 0. The summed E-state index contributed by atoms with van der Waals surface area (Å²) in [5.74, 6) is -0.782. The third-order valence-corrected chi connectivity index (χ3v) is 6.55. The summed E-state index contributed by atoms with van der Waals surface area (Å²) in [7, 11) is -3.27. The normalized spacial score (nSPS) is 16.2. The number of ether oxygens (including phenoxy) is 1. The van der Waals surface area contributed by atoms with Crippen LogP contribution in [0, 0.1) is 0 Å². The van der Waals surface area contributed by atoms with Crippen molar-refractivity contribution in [2.45, 2.75) is 25.8 Å². The number of nitrogens with zero attached hydrogens (tertiary/aromatic N) is 1. The smallest absolute Gasteiger partial charge is 0.328 e. The first-order valence-corrected chi connectivity index (χ1v) is 11.1. The fraction of sp³-hybridized carbons (Fsp3) is 0.333. The number of carbonyl (C=O) groups excluding carboxylic acids is 2. The van der Waals surface area contributed by atoms with Crippen LogP contribution in [-0.2, 0) is 26.0 Å². The van der Waals surface area contributed by atoms with Crippen molar-refractivity contribution in [3.8, 4) is 0 Å². The van der Waals surface area contributed by atoms with Crippen molar-refractivity contribution >= 4 is 27.6 Å². The van der Waals surface area contributed by atoms with Crippen molar-refractivity contribution in [3.05, 3.63) is 65.7 Å². The van der Waals surface area contributed by atoms with E-state index in [1.807, 2.05) is 30.3 Å². The summed E-state index contributed by atoms with van der Waals surface area (Å²) < 4.78 is 30.5. The molecule has 0 aliphatic carbocycles. The van der Waals surface area contributed by atoms with E-state index in [2.05, 4.69) is 5.32 Å². The minimum atomic E-state index is -3.27. The van der Waals surface area contributed by atoms with Gasteiger partial charge in [-0.3, -0.25) is 9.10 Å². The number of amides is 1. The van der Waals surface area contributed by atoms with Gasteiger partial charge in [0.25, 0.3) is 5.91 Å². The van der Waals surface area contributed by atoms with E-state index >= 15 is 0 Å². The standard InChI is InChI=1S/C21H24N2O5S/c1-2-28-21(25)19(15-16-7-4-3-5-8-16)22-20(24)17-9-11-18(12-10-17)23-13-6-14-29(23,26)27/h3-5,7-12,19H,2,6,13-15H2,1H3,(H,22,24). The topological polar surface area (TPSA) is 92.8 Å². The maximum absolute atomic E-state index is 12.7. The lowest BCUT2D eigenvalue weighted by molar-refractivity contribution is -0.145. The number of carbonyl (C=O) groups is 2. The van der Waals surface area contributed by atoms with Gasteiger partial charge in [0.2, 0.25) is 10.0 Å². The van der Waals surface area contributed by atoms with E-state index in [0.29, 0.717) is 30.6 Å². The summed E-state index contributed by atoms with van der Waals surface area (Å²) in [5, 5.41) is 2.73. The molecular formula is C21H24N2O5S. The Balaban J connectivity index is 1.72. The summed E-state index contributed by atoms with van der Waals surface area (Å²) in [4.78, 5) is 25.0. The number of anilines is 1. The Morgan fingerprint density at radius 2 is 1.79 bits per heavy atom. The highest BCUT2D eigenvalue weighted by atomic mass is 32.2. The van der Waals surface area contributed by atoms with Crippen molar-refractivity contribution in [1.29, 1.82) is 0 Å². The number of sulfonamides is 1. The van der Waals surface area contributed by atoms with Gasteiger partial charge in [-0.15, -0.1) is 0 Å². The van der Waals surface area contributed by atoms with Crippen LogP contribution < -0.4 is 9.62 Å². The first kappa shape index (κ1) is 20.9. The van der Waals surface area contributed by atoms with Crippen LogP contribution in [0.1, 0.15) is 29.3 Å². The molecular weight excluding hydrogens is 392 g/mol. The molecule has 0 saturated carbocycles. The Morgan fingerprint density at radius 1 is 1.10 bits per heavy atom. The summed E-state index contributed by atoms with van der Waals surface area (Å²) in [6.45, 7) is 2.37. The van der Waals surface area contributed by atoms with Gasteiger partial charge >= 0.3 is 5.97 Å². The molecule has 1 saturated heterocycles. The Labute approximate surface area is 170 Å². The van der Waals surface area contributed by atoms with Gasteiger partial charge in [-0.05, 0) is 43.2 Å². The van der Waals surface area contributed by atoms with Gasteiger partial charge in [-0.2, -0.15) is 0 Å². The quantitative estimate of drug-likeness (QED) is 0.698. The van der Waals surface area contributed by atoms with Crippen LogP contribution in [-0.4, -0.2) is 45.2 Å². The number of hydrogen-bond donors (Lipinski definition) is 1. The zero-order valence-corrected chi connectivity index (χ0v) is 17.0. The minimum absolute atomic E-state index is 0.135. The van der Waals surface area contributed by atoms with Crippen molar-refractivity contribution in [3.63, 3.8) is 0 Å². The van der Waals surface area contributed by atoms with E-state index in [9.17, 15) is 18.0 Å². The average Bonchev–Trinajstić information content (AvgIpc) is 3.07. The zero-order chi connectivity index (χ0) is 20.9. The van der Waals surface area contributed by atoms with Crippen molar-refractivity contribution in [2.24, 2.45) is 0 Å². The molecule has 0 bridgehead atoms. The van der Waals surface area contributed by atoms with E-state index in [1.54, 1.807) is 31.2 Å². The van der Waals surface area contributed by atoms with Crippen molar-refractivity contribution < 1.29 is 22.7 Å². The maximum Gasteiger partial charge on any atom is 0.328 e. The lowest BCUT2D eigenvalue weighted by Gasteiger charge is -2.19. The Bertz CT molecular complexity index is 958. The van der Waals surface area contributed by atoms with Crippen molar-refractivity contribution in [1.82, 2.24) is 5.32 Å². The van der Waals surface area contributed by atoms with Gasteiger partial charge < -0.3 is 10.1 Å². The third-order valence-electron chi connectivity index (χ3n) is 4.68. The minimum Gasteiger partial charge on any atom is -0.464 e. The molecule has 1 amide bonds. The fourth-order valence-corrected chi connectivity index (χ4v) is 4.80. The van der Waals surface area contributed by atoms with E-state index in [4.69, 9.17) is 4.74 Å². The highest BCUT2D eigenvalue weighted by molar-refractivity contribution is 7.93. The van der Waals surface area contributed by atoms with Crippen LogP contribution >= 0.6 is 0 Å². The number of hydrogen-bond acceptors (Lipinski definition) is 5.